The summed E-state index contributed by atoms with van der Waals surface area (Å²) < 4.78 is 1.57. The number of aromatic nitrogens is 3. The van der Waals surface area contributed by atoms with E-state index in [1.807, 2.05) is 44.2 Å². The van der Waals surface area contributed by atoms with Crippen molar-refractivity contribution in [1.29, 1.82) is 0 Å². The monoisotopic (exact) mass is 527 g/mol. The molecule has 1 aromatic heterocycles. The molecule has 5 N–H and O–H groups in total. The van der Waals surface area contributed by atoms with Crippen LogP contribution in [0.3, 0.4) is 0 Å². The zero-order chi connectivity index (χ0) is 27.7. The van der Waals surface area contributed by atoms with Crippen LogP contribution in [0, 0.1) is 5.92 Å². The number of nitrogens with one attached hydrogen (secondary N) is 4. The fourth-order valence-corrected chi connectivity index (χ4v) is 4.17. The lowest BCUT2D eigenvalue weighted by molar-refractivity contribution is -0.136. The number of carbonyl (C=O) groups excluding carboxylic acids is 4. The second kappa shape index (κ2) is 13.7. The summed E-state index contributed by atoms with van der Waals surface area (Å²) in [5, 5.41) is 29.3. The maximum Gasteiger partial charge on any atom is 0.245 e. The van der Waals surface area contributed by atoms with E-state index in [9.17, 15) is 24.3 Å². The van der Waals surface area contributed by atoms with Crippen molar-refractivity contribution in [2.45, 2.75) is 77.2 Å². The maximum absolute atomic E-state index is 13.2. The Bertz CT molecular complexity index is 1100. The number of benzene rings is 1. The first kappa shape index (κ1) is 28.8. The number of rotatable bonds is 5. The molecular weight excluding hydrogens is 490 g/mol. The first-order valence-electron chi connectivity index (χ1n) is 12.9. The van der Waals surface area contributed by atoms with Gasteiger partial charge < -0.3 is 26.4 Å². The molecule has 206 valence electrons. The van der Waals surface area contributed by atoms with Crippen molar-refractivity contribution in [3.05, 3.63) is 47.8 Å². The molecule has 0 unspecified atom stereocenters. The van der Waals surface area contributed by atoms with Crippen molar-refractivity contribution in [3.63, 3.8) is 0 Å². The van der Waals surface area contributed by atoms with E-state index >= 15 is 0 Å². The smallest absolute Gasteiger partial charge is 0.245 e. The molecule has 2 heterocycles. The average Bonchev–Trinajstić information content (AvgIpc) is 3.32. The number of hydrogen-bond acceptors (Lipinski definition) is 7. The molecule has 1 aromatic carbocycles. The number of fused-ring (bicyclic) bond motifs is 2. The molecule has 0 aliphatic carbocycles. The van der Waals surface area contributed by atoms with Gasteiger partial charge in [0.25, 0.3) is 0 Å². The Labute approximate surface area is 221 Å². The molecule has 38 heavy (non-hydrogen) atoms. The summed E-state index contributed by atoms with van der Waals surface area (Å²) >= 11 is 0. The summed E-state index contributed by atoms with van der Waals surface area (Å²) in [7, 11) is 0. The van der Waals surface area contributed by atoms with Crippen LogP contribution < -0.4 is 21.3 Å². The van der Waals surface area contributed by atoms with Gasteiger partial charge in [-0.2, -0.15) is 0 Å². The van der Waals surface area contributed by atoms with E-state index in [-0.39, 0.29) is 31.2 Å². The molecule has 0 saturated carbocycles. The van der Waals surface area contributed by atoms with Gasteiger partial charge in [0.05, 0.1) is 18.3 Å². The number of nitrogens with zero attached hydrogens (tertiary/aromatic N) is 3. The van der Waals surface area contributed by atoms with Gasteiger partial charge >= 0.3 is 0 Å². The molecule has 0 fully saturated rings. The Kier molecular flexibility index (Phi) is 10.3. The van der Waals surface area contributed by atoms with Gasteiger partial charge in [-0.15, -0.1) is 5.10 Å². The predicted octanol–water partition coefficient (Wildman–Crippen LogP) is -0.535. The Morgan fingerprint density at radius 1 is 0.947 bits per heavy atom. The number of aliphatic hydroxyl groups excluding tert-OH is 1. The Balaban J connectivity index is 1.88. The van der Waals surface area contributed by atoms with Crippen LogP contribution in [-0.2, 0) is 38.6 Å². The van der Waals surface area contributed by atoms with Crippen LogP contribution in [0.4, 0.5) is 0 Å². The van der Waals surface area contributed by atoms with Gasteiger partial charge in [-0.25, -0.2) is 0 Å². The summed E-state index contributed by atoms with van der Waals surface area (Å²) in [6, 6.07) is 6.01. The zero-order valence-electron chi connectivity index (χ0n) is 22.0. The van der Waals surface area contributed by atoms with Gasteiger partial charge in [0.2, 0.25) is 23.6 Å². The van der Waals surface area contributed by atoms with Crippen molar-refractivity contribution >= 4 is 23.6 Å². The molecule has 3 rings (SSSR count). The van der Waals surface area contributed by atoms with Crippen molar-refractivity contribution in [2.24, 2.45) is 5.92 Å². The van der Waals surface area contributed by atoms with Crippen molar-refractivity contribution < 1.29 is 24.3 Å². The Morgan fingerprint density at radius 2 is 1.68 bits per heavy atom. The Hall–Kier alpha value is -3.80. The lowest BCUT2D eigenvalue weighted by Gasteiger charge is -2.27. The first-order valence-corrected chi connectivity index (χ1v) is 12.9. The van der Waals surface area contributed by atoms with Gasteiger partial charge in [0.15, 0.2) is 0 Å². The van der Waals surface area contributed by atoms with E-state index < -0.39 is 42.0 Å². The van der Waals surface area contributed by atoms with E-state index in [1.165, 1.54) is 6.92 Å². The SMILES string of the molecule is CC(C)C[C@@H]1NC(=O)CCc2cn(nn2)CCNC(=O)[C@H](Cc2ccccc2)NC(=O)[C@H]([C@@H](C)O)NC1=O. The first-order chi connectivity index (χ1) is 18.1. The standard InChI is InChI=1S/C26H37N7O5/c1-16(2)13-20-25(37)30-23(17(3)34)26(38)29-21(14-18-7-5-4-6-8-18)24(36)27-11-12-33-15-19(31-32-33)9-10-22(35)28-20/h4-8,15-17,20-21,23,34H,9-14H2,1-3H3,(H,27,36)(H,28,35)(H,29,38)(H,30,37)/t17-,20+,21+,23+/m1/s1. The summed E-state index contributed by atoms with van der Waals surface area (Å²) in [5.74, 6) is -1.98. The highest BCUT2D eigenvalue weighted by atomic mass is 16.3. The summed E-state index contributed by atoms with van der Waals surface area (Å²) in [4.78, 5) is 52.1. The fraction of sp³-hybridized carbons (Fsp3) is 0.538. The van der Waals surface area contributed by atoms with Crippen LogP contribution in [0.5, 0.6) is 0 Å². The molecule has 1 aliphatic rings. The lowest BCUT2D eigenvalue weighted by Crippen LogP contribution is -2.60. The molecule has 2 aromatic rings. The molecule has 1 aliphatic heterocycles. The zero-order valence-corrected chi connectivity index (χ0v) is 22.0. The highest BCUT2D eigenvalue weighted by Crippen LogP contribution is 2.09. The van der Waals surface area contributed by atoms with E-state index in [0.29, 0.717) is 25.1 Å². The van der Waals surface area contributed by atoms with Gasteiger partial charge in [-0.05, 0) is 24.8 Å². The third-order valence-electron chi connectivity index (χ3n) is 6.17. The number of hydrogen-bond donors (Lipinski definition) is 5. The second-order valence-corrected chi connectivity index (χ2v) is 9.99. The summed E-state index contributed by atoms with van der Waals surface area (Å²) in [6.07, 6.45) is 1.42. The van der Waals surface area contributed by atoms with Gasteiger partial charge in [0.1, 0.15) is 18.1 Å². The van der Waals surface area contributed by atoms with Crippen LogP contribution in [0.25, 0.3) is 0 Å². The van der Waals surface area contributed by atoms with Crippen molar-refractivity contribution in [3.8, 4) is 0 Å². The third-order valence-corrected chi connectivity index (χ3v) is 6.17. The molecular formula is C26H37N7O5. The normalized spacial score (nSPS) is 22.9. The summed E-state index contributed by atoms with van der Waals surface area (Å²) in [5.41, 5.74) is 1.44. The quantitative estimate of drug-likeness (QED) is 0.348. The highest BCUT2D eigenvalue weighted by molar-refractivity contribution is 5.94. The molecule has 4 atom stereocenters. The molecule has 0 spiro atoms. The minimum atomic E-state index is -1.33. The van der Waals surface area contributed by atoms with Crippen molar-refractivity contribution in [1.82, 2.24) is 36.3 Å². The molecule has 4 amide bonds. The summed E-state index contributed by atoms with van der Waals surface area (Å²) in [6.45, 7) is 5.78. The highest BCUT2D eigenvalue weighted by Gasteiger charge is 2.32. The number of amides is 4. The van der Waals surface area contributed by atoms with E-state index in [2.05, 4.69) is 31.6 Å². The minimum Gasteiger partial charge on any atom is -0.391 e. The van der Waals surface area contributed by atoms with E-state index in [1.54, 1.807) is 10.9 Å². The van der Waals surface area contributed by atoms with E-state index in [4.69, 9.17) is 0 Å². The second-order valence-electron chi connectivity index (χ2n) is 9.99. The fourth-order valence-electron chi connectivity index (χ4n) is 4.17. The van der Waals surface area contributed by atoms with Crippen LogP contribution in [0.1, 0.15) is 44.9 Å². The molecule has 0 saturated heterocycles. The van der Waals surface area contributed by atoms with Crippen LogP contribution >= 0.6 is 0 Å². The van der Waals surface area contributed by atoms with Gasteiger partial charge in [-0.3, -0.25) is 23.9 Å². The number of aliphatic hydroxyl groups is 1. The average molecular weight is 528 g/mol. The topological polar surface area (TPSA) is 167 Å². The van der Waals surface area contributed by atoms with E-state index in [0.717, 1.165) is 5.56 Å². The van der Waals surface area contributed by atoms with Gasteiger partial charge in [-0.1, -0.05) is 49.4 Å². The van der Waals surface area contributed by atoms with Crippen LogP contribution in [0.15, 0.2) is 36.5 Å². The molecule has 12 nitrogen and oxygen atoms in total. The molecule has 2 bridgehead atoms. The van der Waals surface area contributed by atoms with Crippen molar-refractivity contribution in [2.75, 3.05) is 6.54 Å². The number of aryl methyl sites for hydroxylation is 1. The van der Waals surface area contributed by atoms with Gasteiger partial charge in [0, 0.05) is 32.0 Å². The third kappa shape index (κ3) is 8.65. The lowest BCUT2D eigenvalue weighted by atomic mass is 10.0. The largest absolute Gasteiger partial charge is 0.391 e. The maximum atomic E-state index is 13.2. The van der Waals surface area contributed by atoms with Crippen LogP contribution in [-0.4, -0.2) is 74.5 Å². The Morgan fingerprint density at radius 3 is 2.37 bits per heavy atom. The minimum absolute atomic E-state index is 0.0709. The predicted molar refractivity (Wildman–Crippen MR) is 138 cm³/mol. The van der Waals surface area contributed by atoms with Crippen LogP contribution in [0.2, 0.25) is 0 Å². The molecule has 0 radical (unpaired) electrons. The molecule has 12 heteroatoms. The number of carbonyl (C=O) groups is 4.